The van der Waals surface area contributed by atoms with Crippen molar-refractivity contribution in [1.29, 1.82) is 0 Å². The van der Waals surface area contributed by atoms with Crippen LogP contribution in [0, 0.1) is 5.82 Å². The second kappa shape index (κ2) is 7.06. The molecule has 2 heterocycles. The molecule has 0 radical (unpaired) electrons. The van der Waals surface area contributed by atoms with Gasteiger partial charge in [0, 0.05) is 18.7 Å². The Balaban J connectivity index is 1.74. The van der Waals surface area contributed by atoms with Crippen LogP contribution < -0.4 is 10.6 Å². The first-order chi connectivity index (χ1) is 12.0. The number of hydrogen-bond donors (Lipinski definition) is 2. The molecule has 2 N–H and O–H groups in total. The molecule has 25 heavy (non-hydrogen) atoms. The van der Waals surface area contributed by atoms with E-state index < -0.39 is 11.7 Å². The van der Waals surface area contributed by atoms with Gasteiger partial charge in [0.25, 0.3) is 0 Å². The van der Waals surface area contributed by atoms with Gasteiger partial charge >= 0.3 is 0 Å². The molecule has 132 valence electrons. The van der Waals surface area contributed by atoms with Gasteiger partial charge in [-0.3, -0.25) is 14.5 Å². The maximum Gasteiger partial charge on any atom is 0.228 e. The normalized spacial score (nSPS) is 17.8. The minimum Gasteiger partial charge on any atom is -0.468 e. The van der Waals surface area contributed by atoms with E-state index in [-0.39, 0.29) is 24.3 Å². The van der Waals surface area contributed by atoms with E-state index in [0.29, 0.717) is 17.8 Å². The molecule has 2 atom stereocenters. The Bertz CT molecular complexity index is 774. The number of nitrogens with one attached hydrogen (secondary N) is 2. The van der Waals surface area contributed by atoms with Gasteiger partial charge in [-0.25, -0.2) is 4.39 Å². The fourth-order valence-electron chi connectivity index (χ4n) is 3.01. The molecule has 0 bridgehead atoms. The van der Waals surface area contributed by atoms with Crippen LogP contribution in [-0.2, 0) is 9.59 Å². The second-order valence-corrected chi connectivity index (χ2v) is 6.28. The molecule has 1 aromatic heterocycles. The lowest BCUT2D eigenvalue weighted by atomic mass is 9.89. The molecule has 0 saturated carbocycles. The first-order valence-corrected chi connectivity index (χ1v) is 8.02. The van der Waals surface area contributed by atoms with Gasteiger partial charge in [0.2, 0.25) is 11.8 Å². The van der Waals surface area contributed by atoms with E-state index in [2.05, 4.69) is 10.6 Å². The summed E-state index contributed by atoms with van der Waals surface area (Å²) in [5, 5.41) is 5.49. The van der Waals surface area contributed by atoms with E-state index >= 15 is 0 Å². The quantitative estimate of drug-likeness (QED) is 0.872. The number of carbonyl (C=O) groups excluding carboxylic acids is 2. The van der Waals surface area contributed by atoms with Crippen molar-refractivity contribution >= 4 is 17.5 Å². The molecule has 1 aliphatic rings. The number of benzene rings is 1. The Morgan fingerprint density at radius 2 is 2.24 bits per heavy atom. The zero-order chi connectivity index (χ0) is 18.0. The molecule has 0 fully saturated rings. The standard InChI is InChI=1S/C18H20FN3O3/c1-22(2)15(16-4-3-7-25-16)10-20-18(24)13-9-17(23)21-14-8-11(19)5-6-12(13)14/h3-8,13,15H,9-10H2,1-2H3,(H,20,24)(H,21,23)/t13-,15-/m1/s1. The highest BCUT2D eigenvalue weighted by atomic mass is 19.1. The number of rotatable bonds is 5. The number of nitrogens with zero attached hydrogens (tertiary/aromatic N) is 1. The highest BCUT2D eigenvalue weighted by Crippen LogP contribution is 2.33. The van der Waals surface area contributed by atoms with E-state index in [9.17, 15) is 14.0 Å². The third kappa shape index (κ3) is 3.71. The molecule has 2 amide bonds. The van der Waals surface area contributed by atoms with Crippen LogP contribution in [0.15, 0.2) is 41.0 Å². The summed E-state index contributed by atoms with van der Waals surface area (Å²) in [7, 11) is 3.79. The summed E-state index contributed by atoms with van der Waals surface area (Å²) in [5.74, 6) is -0.905. The van der Waals surface area contributed by atoms with Crippen molar-refractivity contribution < 1.29 is 18.4 Å². The fraction of sp³-hybridized carbons (Fsp3) is 0.333. The van der Waals surface area contributed by atoms with E-state index in [1.165, 1.54) is 12.1 Å². The smallest absolute Gasteiger partial charge is 0.228 e. The zero-order valence-electron chi connectivity index (χ0n) is 14.1. The number of furan rings is 1. The molecule has 2 aromatic rings. The van der Waals surface area contributed by atoms with Gasteiger partial charge in [-0.15, -0.1) is 0 Å². The topological polar surface area (TPSA) is 74.6 Å². The molecule has 0 saturated heterocycles. The lowest BCUT2D eigenvalue weighted by molar-refractivity contribution is -0.126. The van der Waals surface area contributed by atoms with E-state index in [0.717, 1.165) is 5.76 Å². The van der Waals surface area contributed by atoms with Crippen molar-refractivity contribution in [3.8, 4) is 0 Å². The Hall–Kier alpha value is -2.67. The first kappa shape index (κ1) is 17.2. The largest absolute Gasteiger partial charge is 0.468 e. The summed E-state index contributed by atoms with van der Waals surface area (Å²) in [6.07, 6.45) is 1.63. The third-order valence-electron chi connectivity index (χ3n) is 4.34. The summed E-state index contributed by atoms with van der Waals surface area (Å²) < 4.78 is 18.8. The van der Waals surface area contributed by atoms with Crippen molar-refractivity contribution in [3.05, 3.63) is 53.7 Å². The summed E-state index contributed by atoms with van der Waals surface area (Å²) in [4.78, 5) is 26.4. The van der Waals surface area contributed by atoms with Gasteiger partial charge in [0.1, 0.15) is 11.6 Å². The number of anilines is 1. The van der Waals surface area contributed by atoms with Crippen LogP contribution in [-0.4, -0.2) is 37.4 Å². The molecule has 0 unspecified atom stereocenters. The van der Waals surface area contributed by atoms with Gasteiger partial charge < -0.3 is 15.1 Å². The highest BCUT2D eigenvalue weighted by molar-refractivity contribution is 6.01. The maximum atomic E-state index is 13.4. The van der Waals surface area contributed by atoms with Crippen molar-refractivity contribution in [2.45, 2.75) is 18.4 Å². The zero-order valence-corrected chi connectivity index (χ0v) is 14.1. The SMILES string of the molecule is CN(C)[C@H](CNC(=O)[C@@H]1CC(=O)Nc2cc(F)ccc21)c1ccco1. The van der Waals surface area contributed by atoms with Crippen LogP contribution in [0.3, 0.4) is 0 Å². The van der Waals surface area contributed by atoms with Crippen LogP contribution in [0.5, 0.6) is 0 Å². The maximum absolute atomic E-state index is 13.4. The lowest BCUT2D eigenvalue weighted by Crippen LogP contribution is -2.39. The molecule has 0 aliphatic carbocycles. The van der Waals surface area contributed by atoms with Gasteiger partial charge in [0.15, 0.2) is 0 Å². The predicted molar refractivity (Wildman–Crippen MR) is 90.5 cm³/mol. The number of halogens is 1. The Labute approximate surface area is 145 Å². The van der Waals surface area contributed by atoms with Gasteiger partial charge in [-0.05, 0) is 43.9 Å². The van der Waals surface area contributed by atoms with Crippen LogP contribution in [0.25, 0.3) is 0 Å². The Morgan fingerprint density at radius 1 is 1.44 bits per heavy atom. The first-order valence-electron chi connectivity index (χ1n) is 8.02. The van der Waals surface area contributed by atoms with Gasteiger partial charge in [-0.2, -0.15) is 0 Å². The summed E-state index contributed by atoms with van der Waals surface area (Å²) in [5.41, 5.74) is 0.976. The molecular weight excluding hydrogens is 325 g/mol. The van der Waals surface area contributed by atoms with Crippen molar-refractivity contribution in [2.75, 3.05) is 26.0 Å². The number of amides is 2. The summed E-state index contributed by atoms with van der Waals surface area (Å²) in [6.45, 7) is 0.341. The van der Waals surface area contributed by atoms with Crippen LogP contribution in [0.1, 0.15) is 29.7 Å². The van der Waals surface area contributed by atoms with Crippen LogP contribution in [0.2, 0.25) is 0 Å². The van der Waals surface area contributed by atoms with Crippen LogP contribution >= 0.6 is 0 Å². The summed E-state index contributed by atoms with van der Waals surface area (Å²) in [6, 6.07) is 7.60. The molecular formula is C18H20FN3O3. The minimum atomic E-state index is -0.635. The van der Waals surface area contributed by atoms with Crippen molar-refractivity contribution in [1.82, 2.24) is 10.2 Å². The van der Waals surface area contributed by atoms with E-state index in [1.807, 2.05) is 25.1 Å². The Morgan fingerprint density at radius 3 is 2.92 bits per heavy atom. The minimum absolute atomic E-state index is 0.0395. The Kier molecular flexibility index (Phi) is 4.85. The average molecular weight is 345 g/mol. The molecule has 3 rings (SSSR count). The van der Waals surface area contributed by atoms with Gasteiger partial charge in [-0.1, -0.05) is 6.07 Å². The van der Waals surface area contributed by atoms with Gasteiger partial charge in [0.05, 0.1) is 18.2 Å². The number of carbonyl (C=O) groups is 2. The molecule has 0 spiro atoms. The average Bonchev–Trinajstić information content (AvgIpc) is 3.07. The highest BCUT2D eigenvalue weighted by Gasteiger charge is 2.31. The molecule has 1 aliphatic heterocycles. The predicted octanol–water partition coefficient (Wildman–Crippen LogP) is 2.26. The number of likely N-dealkylation sites (N-methyl/N-ethyl adjacent to an activating group) is 1. The fourth-order valence-corrected chi connectivity index (χ4v) is 3.01. The van der Waals surface area contributed by atoms with E-state index in [1.54, 1.807) is 18.4 Å². The molecule has 6 nitrogen and oxygen atoms in total. The lowest BCUT2D eigenvalue weighted by Gasteiger charge is -2.27. The molecule has 1 aromatic carbocycles. The number of hydrogen-bond acceptors (Lipinski definition) is 4. The summed E-state index contributed by atoms with van der Waals surface area (Å²) >= 11 is 0. The second-order valence-electron chi connectivity index (χ2n) is 6.28. The van der Waals surface area contributed by atoms with Crippen molar-refractivity contribution in [2.24, 2.45) is 0 Å². The van der Waals surface area contributed by atoms with Crippen molar-refractivity contribution in [3.63, 3.8) is 0 Å². The van der Waals surface area contributed by atoms with Crippen LogP contribution in [0.4, 0.5) is 10.1 Å². The number of fused-ring (bicyclic) bond motifs is 1. The third-order valence-corrected chi connectivity index (χ3v) is 4.34. The van der Waals surface area contributed by atoms with E-state index in [4.69, 9.17) is 4.42 Å². The molecule has 7 heteroatoms. The monoisotopic (exact) mass is 345 g/mol.